The highest BCUT2D eigenvalue weighted by molar-refractivity contribution is 7.92. The SMILES string of the molecule is COc1cc(C(=O)N2CCC[C@@H]2C(=O)O)cc(NS(C)(=O)=O)c1OC. The lowest BCUT2D eigenvalue weighted by Crippen LogP contribution is -2.40. The molecule has 1 aliphatic heterocycles. The minimum absolute atomic E-state index is 0.0405. The molecule has 1 fully saturated rings. The predicted molar refractivity (Wildman–Crippen MR) is 89.7 cm³/mol. The standard InChI is InChI=1S/C15H20N2O7S/c1-23-12-8-9(7-10(13(12)24-2)16-25(3,21)22)14(18)17-6-4-5-11(17)15(19)20/h7-8,11,16H,4-6H2,1-3H3,(H,19,20)/t11-/m1/s1. The van der Waals surface area contributed by atoms with Crippen molar-refractivity contribution >= 4 is 27.6 Å². The van der Waals surface area contributed by atoms with Crippen molar-refractivity contribution in [1.29, 1.82) is 0 Å². The van der Waals surface area contributed by atoms with E-state index in [0.29, 0.717) is 19.4 Å². The number of carboxylic acid groups (broad SMARTS) is 1. The van der Waals surface area contributed by atoms with Crippen LogP contribution < -0.4 is 14.2 Å². The lowest BCUT2D eigenvalue weighted by molar-refractivity contribution is -0.141. The Bertz CT molecular complexity index is 791. The first-order chi connectivity index (χ1) is 11.7. The Morgan fingerprint density at radius 1 is 1.28 bits per heavy atom. The van der Waals surface area contributed by atoms with E-state index < -0.39 is 27.9 Å². The fraction of sp³-hybridized carbons (Fsp3) is 0.467. The first-order valence-electron chi connectivity index (χ1n) is 7.45. The van der Waals surface area contributed by atoms with Gasteiger partial charge < -0.3 is 19.5 Å². The van der Waals surface area contributed by atoms with E-state index >= 15 is 0 Å². The molecular formula is C15H20N2O7S. The normalized spacial score (nSPS) is 17.2. The van der Waals surface area contributed by atoms with Crippen LogP contribution in [0.4, 0.5) is 5.69 Å². The summed E-state index contributed by atoms with van der Waals surface area (Å²) in [5.74, 6) is -1.30. The molecule has 0 radical (unpaired) electrons. The van der Waals surface area contributed by atoms with Gasteiger partial charge in [0.05, 0.1) is 26.2 Å². The average Bonchev–Trinajstić information content (AvgIpc) is 3.01. The maximum Gasteiger partial charge on any atom is 0.326 e. The highest BCUT2D eigenvalue weighted by Gasteiger charge is 2.35. The van der Waals surface area contributed by atoms with Gasteiger partial charge in [-0.2, -0.15) is 0 Å². The van der Waals surface area contributed by atoms with Gasteiger partial charge in [0.2, 0.25) is 10.0 Å². The minimum Gasteiger partial charge on any atom is -0.493 e. The summed E-state index contributed by atoms with van der Waals surface area (Å²) in [4.78, 5) is 25.3. The average molecular weight is 372 g/mol. The molecule has 25 heavy (non-hydrogen) atoms. The van der Waals surface area contributed by atoms with Crippen molar-refractivity contribution in [1.82, 2.24) is 4.90 Å². The molecule has 1 heterocycles. The van der Waals surface area contributed by atoms with Gasteiger partial charge in [0, 0.05) is 12.1 Å². The molecule has 9 nitrogen and oxygen atoms in total. The molecular weight excluding hydrogens is 352 g/mol. The molecule has 2 rings (SSSR count). The van der Waals surface area contributed by atoms with Gasteiger partial charge in [-0.25, -0.2) is 13.2 Å². The van der Waals surface area contributed by atoms with E-state index in [1.54, 1.807) is 0 Å². The first-order valence-corrected chi connectivity index (χ1v) is 9.34. The van der Waals surface area contributed by atoms with E-state index in [1.807, 2.05) is 0 Å². The maximum absolute atomic E-state index is 12.7. The van der Waals surface area contributed by atoms with Gasteiger partial charge in [0.15, 0.2) is 11.5 Å². The molecule has 0 aromatic heterocycles. The van der Waals surface area contributed by atoms with Crippen molar-refractivity contribution in [2.24, 2.45) is 0 Å². The second kappa shape index (κ2) is 7.18. The molecule has 0 saturated carbocycles. The fourth-order valence-electron chi connectivity index (χ4n) is 2.80. The third-order valence-electron chi connectivity index (χ3n) is 3.82. The van der Waals surface area contributed by atoms with Crippen molar-refractivity contribution in [3.8, 4) is 11.5 Å². The summed E-state index contributed by atoms with van der Waals surface area (Å²) in [5.41, 5.74) is 0.149. The van der Waals surface area contributed by atoms with Gasteiger partial charge in [-0.15, -0.1) is 0 Å². The number of nitrogens with one attached hydrogen (secondary N) is 1. The van der Waals surface area contributed by atoms with Crippen molar-refractivity contribution in [2.75, 3.05) is 31.7 Å². The molecule has 1 atom stereocenters. The highest BCUT2D eigenvalue weighted by atomic mass is 32.2. The lowest BCUT2D eigenvalue weighted by Gasteiger charge is -2.22. The van der Waals surface area contributed by atoms with Gasteiger partial charge in [-0.1, -0.05) is 0 Å². The summed E-state index contributed by atoms with van der Waals surface area (Å²) in [6, 6.07) is 1.81. The van der Waals surface area contributed by atoms with Crippen LogP contribution in [-0.2, 0) is 14.8 Å². The lowest BCUT2D eigenvalue weighted by atomic mass is 10.1. The number of likely N-dealkylation sites (tertiary alicyclic amines) is 1. The van der Waals surface area contributed by atoms with Crippen molar-refractivity contribution in [2.45, 2.75) is 18.9 Å². The Hall–Kier alpha value is -2.49. The number of methoxy groups -OCH3 is 2. The molecule has 0 unspecified atom stereocenters. The van der Waals surface area contributed by atoms with Crippen LogP contribution in [-0.4, -0.2) is 63.4 Å². The first kappa shape index (κ1) is 18.8. The summed E-state index contributed by atoms with van der Waals surface area (Å²) >= 11 is 0. The van der Waals surface area contributed by atoms with Gasteiger partial charge in [0.1, 0.15) is 6.04 Å². The van der Waals surface area contributed by atoms with E-state index in [1.165, 1.54) is 31.3 Å². The van der Waals surface area contributed by atoms with Crippen LogP contribution in [0.3, 0.4) is 0 Å². The van der Waals surface area contributed by atoms with E-state index in [-0.39, 0.29) is 22.7 Å². The zero-order valence-electron chi connectivity index (χ0n) is 14.1. The summed E-state index contributed by atoms with van der Waals surface area (Å²) in [6.07, 6.45) is 1.93. The number of nitrogens with zero attached hydrogens (tertiary/aromatic N) is 1. The third-order valence-corrected chi connectivity index (χ3v) is 4.41. The van der Waals surface area contributed by atoms with Crippen molar-refractivity contribution in [3.05, 3.63) is 17.7 Å². The number of ether oxygens (including phenoxy) is 2. The maximum atomic E-state index is 12.7. The van der Waals surface area contributed by atoms with E-state index in [0.717, 1.165) is 6.26 Å². The van der Waals surface area contributed by atoms with Crippen LogP contribution in [0, 0.1) is 0 Å². The molecule has 1 saturated heterocycles. The molecule has 2 N–H and O–H groups in total. The number of sulfonamides is 1. The van der Waals surface area contributed by atoms with Crippen LogP contribution >= 0.6 is 0 Å². The quantitative estimate of drug-likeness (QED) is 0.756. The Labute approximate surface area is 145 Å². The monoisotopic (exact) mass is 372 g/mol. The molecule has 1 aliphatic rings. The Morgan fingerprint density at radius 2 is 1.96 bits per heavy atom. The number of carbonyl (C=O) groups is 2. The van der Waals surface area contributed by atoms with Crippen LogP contribution in [0.25, 0.3) is 0 Å². The smallest absolute Gasteiger partial charge is 0.326 e. The molecule has 1 aromatic carbocycles. The molecule has 0 bridgehead atoms. The van der Waals surface area contributed by atoms with Crippen LogP contribution in [0.5, 0.6) is 11.5 Å². The third kappa shape index (κ3) is 4.13. The highest BCUT2D eigenvalue weighted by Crippen LogP contribution is 2.38. The minimum atomic E-state index is -3.63. The number of anilines is 1. The number of rotatable bonds is 6. The molecule has 0 spiro atoms. The van der Waals surface area contributed by atoms with Gasteiger partial charge in [0.25, 0.3) is 5.91 Å². The number of carboxylic acids is 1. The zero-order chi connectivity index (χ0) is 18.8. The number of hydrogen-bond donors (Lipinski definition) is 2. The van der Waals surface area contributed by atoms with Gasteiger partial charge in [-0.3, -0.25) is 9.52 Å². The van der Waals surface area contributed by atoms with Crippen LogP contribution in [0.15, 0.2) is 12.1 Å². The van der Waals surface area contributed by atoms with Crippen LogP contribution in [0.1, 0.15) is 23.2 Å². The molecule has 0 aliphatic carbocycles. The van der Waals surface area contributed by atoms with Gasteiger partial charge >= 0.3 is 5.97 Å². The predicted octanol–water partition coefficient (Wildman–Crippen LogP) is 0.764. The summed E-state index contributed by atoms with van der Waals surface area (Å²) in [6.45, 7) is 0.318. The Balaban J connectivity index is 2.48. The second-order valence-electron chi connectivity index (χ2n) is 5.63. The van der Waals surface area contributed by atoms with Gasteiger partial charge in [-0.05, 0) is 25.0 Å². The zero-order valence-corrected chi connectivity index (χ0v) is 14.9. The number of carbonyl (C=O) groups excluding carboxylic acids is 1. The Kier molecular flexibility index (Phi) is 5.41. The van der Waals surface area contributed by atoms with Crippen LogP contribution in [0.2, 0.25) is 0 Å². The molecule has 1 aromatic rings. The van der Waals surface area contributed by atoms with Crippen molar-refractivity contribution in [3.63, 3.8) is 0 Å². The molecule has 138 valence electrons. The largest absolute Gasteiger partial charge is 0.493 e. The molecule has 10 heteroatoms. The number of hydrogen-bond acceptors (Lipinski definition) is 6. The van der Waals surface area contributed by atoms with E-state index in [2.05, 4.69) is 4.72 Å². The fourth-order valence-corrected chi connectivity index (χ4v) is 3.35. The number of aliphatic carboxylic acids is 1. The number of amides is 1. The summed E-state index contributed by atoms with van der Waals surface area (Å²) < 4.78 is 35.7. The summed E-state index contributed by atoms with van der Waals surface area (Å²) in [5, 5.41) is 9.24. The van der Waals surface area contributed by atoms with E-state index in [9.17, 15) is 23.1 Å². The summed E-state index contributed by atoms with van der Waals surface area (Å²) in [7, 11) is -0.931. The Morgan fingerprint density at radius 3 is 2.48 bits per heavy atom. The molecule has 1 amide bonds. The van der Waals surface area contributed by atoms with E-state index in [4.69, 9.17) is 9.47 Å². The number of benzene rings is 1. The van der Waals surface area contributed by atoms with Crippen molar-refractivity contribution < 1.29 is 32.6 Å². The topological polar surface area (TPSA) is 122 Å². The second-order valence-corrected chi connectivity index (χ2v) is 7.38.